The molecule has 2 fully saturated rings. The number of aromatic nitrogens is 2. The molecule has 1 aromatic heterocycles. The molecule has 2 saturated heterocycles. The predicted molar refractivity (Wildman–Crippen MR) is 74.0 cm³/mol. The van der Waals surface area contributed by atoms with Gasteiger partial charge in [0.2, 0.25) is 0 Å². The van der Waals surface area contributed by atoms with Crippen LogP contribution in [0.25, 0.3) is 0 Å². The summed E-state index contributed by atoms with van der Waals surface area (Å²) in [4.78, 5) is 16.7. The maximum atomic E-state index is 12.3. The number of rotatable bonds is 3. The Morgan fingerprint density at radius 1 is 1.35 bits per heavy atom. The van der Waals surface area contributed by atoms with Crippen molar-refractivity contribution in [1.29, 1.82) is 0 Å². The molecule has 0 saturated carbocycles. The second-order valence-electron chi connectivity index (χ2n) is 5.56. The summed E-state index contributed by atoms with van der Waals surface area (Å²) < 4.78 is 5.59. The zero-order chi connectivity index (χ0) is 13.8. The van der Waals surface area contributed by atoms with Crippen LogP contribution in [0.4, 0.5) is 0 Å². The zero-order valence-corrected chi connectivity index (χ0v) is 11.8. The quantitative estimate of drug-likeness (QED) is 0.880. The molecular weight excluding hydrogens is 256 g/mol. The average molecular weight is 278 g/mol. The topological polar surface area (TPSA) is 61.5 Å². The van der Waals surface area contributed by atoms with Crippen LogP contribution < -0.4 is 0 Å². The average Bonchev–Trinajstić information content (AvgIpc) is 3.01. The number of H-pyrrole nitrogens is 1. The fraction of sp³-hybridized carbons (Fsp3) is 0.714. The molecule has 110 valence electrons. The van der Waals surface area contributed by atoms with Gasteiger partial charge in [0, 0.05) is 51.1 Å². The molecule has 6 heteroatoms. The third-order valence-electron chi connectivity index (χ3n) is 4.10. The minimum Gasteiger partial charge on any atom is -0.368 e. The highest BCUT2D eigenvalue weighted by Gasteiger charge is 2.29. The largest absolute Gasteiger partial charge is 0.368 e. The third-order valence-corrected chi connectivity index (χ3v) is 4.10. The monoisotopic (exact) mass is 278 g/mol. The highest BCUT2D eigenvalue weighted by Crippen LogP contribution is 2.16. The van der Waals surface area contributed by atoms with Crippen molar-refractivity contribution in [2.45, 2.75) is 31.9 Å². The summed E-state index contributed by atoms with van der Waals surface area (Å²) >= 11 is 0. The smallest absolute Gasteiger partial charge is 0.251 e. The lowest BCUT2D eigenvalue weighted by Crippen LogP contribution is -2.51. The molecule has 0 bridgehead atoms. The van der Waals surface area contributed by atoms with E-state index in [0.29, 0.717) is 0 Å². The number of piperazine rings is 1. The molecular formula is C14H22N4O2. The fourth-order valence-electron chi connectivity index (χ4n) is 2.89. The third kappa shape index (κ3) is 3.19. The van der Waals surface area contributed by atoms with E-state index in [1.165, 1.54) is 5.56 Å². The van der Waals surface area contributed by atoms with Crippen LogP contribution in [0.3, 0.4) is 0 Å². The van der Waals surface area contributed by atoms with E-state index in [2.05, 4.69) is 15.1 Å². The molecule has 1 unspecified atom stereocenters. The van der Waals surface area contributed by atoms with E-state index in [1.807, 2.05) is 17.3 Å². The van der Waals surface area contributed by atoms with Crippen molar-refractivity contribution in [3.05, 3.63) is 18.0 Å². The van der Waals surface area contributed by atoms with Gasteiger partial charge in [0.05, 0.1) is 6.20 Å². The Labute approximate surface area is 119 Å². The van der Waals surface area contributed by atoms with Crippen molar-refractivity contribution in [2.75, 3.05) is 32.8 Å². The Bertz CT molecular complexity index is 420. The van der Waals surface area contributed by atoms with Gasteiger partial charge in [0.25, 0.3) is 5.91 Å². The van der Waals surface area contributed by atoms with Gasteiger partial charge in [0.1, 0.15) is 6.10 Å². The maximum Gasteiger partial charge on any atom is 0.251 e. The fourth-order valence-corrected chi connectivity index (χ4v) is 2.89. The summed E-state index contributed by atoms with van der Waals surface area (Å²) in [7, 11) is 0. The van der Waals surface area contributed by atoms with Crippen molar-refractivity contribution in [3.8, 4) is 0 Å². The van der Waals surface area contributed by atoms with Crippen molar-refractivity contribution < 1.29 is 9.53 Å². The van der Waals surface area contributed by atoms with Crippen LogP contribution in [0, 0.1) is 0 Å². The number of carbonyl (C=O) groups is 1. The first-order valence-electron chi connectivity index (χ1n) is 7.43. The minimum absolute atomic E-state index is 0.188. The highest BCUT2D eigenvalue weighted by molar-refractivity contribution is 5.81. The van der Waals surface area contributed by atoms with Crippen molar-refractivity contribution in [3.63, 3.8) is 0 Å². The van der Waals surface area contributed by atoms with Gasteiger partial charge in [-0.15, -0.1) is 0 Å². The Balaban J connectivity index is 1.46. The predicted octanol–water partition coefficient (Wildman–Crippen LogP) is 0.623. The molecule has 0 spiro atoms. The first-order chi connectivity index (χ1) is 9.83. The molecule has 3 rings (SSSR count). The van der Waals surface area contributed by atoms with E-state index < -0.39 is 0 Å². The molecule has 0 aliphatic carbocycles. The standard InChI is InChI=1S/C14H22N4O2/c19-14(13-3-1-2-8-20-13)18-6-4-17(5-7-18)11-12-9-15-16-10-12/h9-10,13H,1-8,11H2,(H,15,16). The first kappa shape index (κ1) is 13.6. The van der Waals surface area contributed by atoms with Gasteiger partial charge < -0.3 is 9.64 Å². The van der Waals surface area contributed by atoms with Gasteiger partial charge in [0.15, 0.2) is 0 Å². The molecule has 0 radical (unpaired) electrons. The SMILES string of the molecule is O=C(C1CCCCO1)N1CCN(Cc2cn[nH]c2)CC1. The zero-order valence-electron chi connectivity index (χ0n) is 11.8. The molecule has 2 aliphatic heterocycles. The Hall–Kier alpha value is -1.40. The van der Waals surface area contributed by atoms with Crippen molar-refractivity contribution in [1.82, 2.24) is 20.0 Å². The summed E-state index contributed by atoms with van der Waals surface area (Å²) in [5.41, 5.74) is 1.19. The summed E-state index contributed by atoms with van der Waals surface area (Å²) in [6.07, 6.45) is 6.66. The number of hydrogen-bond donors (Lipinski definition) is 1. The minimum atomic E-state index is -0.191. The molecule has 1 aromatic rings. The number of carbonyl (C=O) groups excluding carboxylic acids is 1. The summed E-state index contributed by atoms with van der Waals surface area (Å²) in [6, 6.07) is 0. The number of nitrogens with one attached hydrogen (secondary N) is 1. The lowest BCUT2D eigenvalue weighted by Gasteiger charge is -2.36. The highest BCUT2D eigenvalue weighted by atomic mass is 16.5. The molecule has 1 amide bonds. The first-order valence-corrected chi connectivity index (χ1v) is 7.43. The van der Waals surface area contributed by atoms with Crippen LogP contribution in [-0.2, 0) is 16.1 Å². The Morgan fingerprint density at radius 3 is 2.85 bits per heavy atom. The maximum absolute atomic E-state index is 12.3. The van der Waals surface area contributed by atoms with Crippen molar-refractivity contribution in [2.24, 2.45) is 0 Å². The van der Waals surface area contributed by atoms with E-state index in [4.69, 9.17) is 4.74 Å². The molecule has 0 aromatic carbocycles. The van der Waals surface area contributed by atoms with Crippen LogP contribution in [0.1, 0.15) is 24.8 Å². The molecule has 1 N–H and O–H groups in total. The van der Waals surface area contributed by atoms with Crippen LogP contribution in [0.2, 0.25) is 0 Å². The van der Waals surface area contributed by atoms with Gasteiger partial charge >= 0.3 is 0 Å². The number of ether oxygens (including phenoxy) is 1. The molecule has 6 nitrogen and oxygen atoms in total. The second-order valence-corrected chi connectivity index (χ2v) is 5.56. The van der Waals surface area contributed by atoms with Gasteiger partial charge in [-0.2, -0.15) is 5.10 Å². The number of hydrogen-bond acceptors (Lipinski definition) is 4. The summed E-state index contributed by atoms with van der Waals surface area (Å²) in [5.74, 6) is 0.188. The van der Waals surface area contributed by atoms with Crippen LogP contribution in [0.5, 0.6) is 0 Å². The summed E-state index contributed by atoms with van der Waals surface area (Å²) in [5, 5.41) is 6.79. The number of amides is 1. The van der Waals surface area contributed by atoms with Crippen LogP contribution in [0.15, 0.2) is 12.4 Å². The van der Waals surface area contributed by atoms with Crippen LogP contribution >= 0.6 is 0 Å². The van der Waals surface area contributed by atoms with E-state index in [0.717, 1.165) is 58.6 Å². The molecule has 3 heterocycles. The molecule has 20 heavy (non-hydrogen) atoms. The Kier molecular flexibility index (Phi) is 4.32. The summed E-state index contributed by atoms with van der Waals surface area (Å²) in [6.45, 7) is 5.08. The van der Waals surface area contributed by atoms with Gasteiger partial charge in [-0.05, 0) is 19.3 Å². The Morgan fingerprint density at radius 2 is 2.20 bits per heavy atom. The van der Waals surface area contributed by atoms with Crippen molar-refractivity contribution >= 4 is 5.91 Å². The number of aromatic amines is 1. The van der Waals surface area contributed by atoms with Gasteiger partial charge in [-0.25, -0.2) is 0 Å². The van der Waals surface area contributed by atoms with Gasteiger partial charge in [-0.3, -0.25) is 14.8 Å². The van der Waals surface area contributed by atoms with E-state index in [-0.39, 0.29) is 12.0 Å². The molecule has 2 aliphatic rings. The normalized spacial score (nSPS) is 24.8. The molecule has 1 atom stereocenters. The second kappa shape index (κ2) is 6.37. The van der Waals surface area contributed by atoms with Crippen LogP contribution in [-0.4, -0.2) is 64.8 Å². The lowest BCUT2D eigenvalue weighted by molar-refractivity contribution is -0.148. The lowest BCUT2D eigenvalue weighted by atomic mass is 10.1. The van der Waals surface area contributed by atoms with E-state index >= 15 is 0 Å². The van der Waals surface area contributed by atoms with E-state index in [1.54, 1.807) is 0 Å². The van der Waals surface area contributed by atoms with E-state index in [9.17, 15) is 4.79 Å². The van der Waals surface area contributed by atoms with Gasteiger partial charge in [-0.1, -0.05) is 0 Å². The number of nitrogens with zero attached hydrogens (tertiary/aromatic N) is 3.